The molecule has 0 atom stereocenters. The molecule has 224 valence electrons. The minimum atomic E-state index is -4.40. The molecular weight excluding hydrogens is 548 g/mol. The van der Waals surface area contributed by atoms with Crippen LogP contribution in [0.2, 0.25) is 0 Å². The van der Waals surface area contributed by atoms with Crippen LogP contribution in [0.15, 0.2) is 30.6 Å². The largest absolute Gasteiger partial charge is 0.429 e. The molecule has 0 N–H and O–H groups in total. The highest BCUT2D eigenvalue weighted by Crippen LogP contribution is 2.41. The summed E-state index contributed by atoms with van der Waals surface area (Å²) in [4.78, 5) is 6.66. The van der Waals surface area contributed by atoms with Gasteiger partial charge in [0, 0.05) is 0 Å². The zero-order chi connectivity index (χ0) is 29.4. The smallest absolute Gasteiger partial charge is 0.426 e. The van der Waals surface area contributed by atoms with Crippen LogP contribution >= 0.6 is 0 Å². The molecule has 0 saturated heterocycles. The van der Waals surface area contributed by atoms with Crippen molar-refractivity contribution >= 4 is 0 Å². The zero-order valence-electron chi connectivity index (χ0n) is 22.3. The third-order valence-corrected chi connectivity index (χ3v) is 7.00. The van der Waals surface area contributed by atoms with Gasteiger partial charge in [-0.2, -0.15) is 30.7 Å². The van der Waals surface area contributed by atoms with Gasteiger partial charge in [0.15, 0.2) is 5.75 Å². The Kier molecular flexibility index (Phi) is 11.1. The first-order valence-electron chi connectivity index (χ1n) is 13.6. The van der Waals surface area contributed by atoms with Gasteiger partial charge in [-0.3, -0.25) is 0 Å². The molecule has 1 aliphatic rings. The highest BCUT2D eigenvalue weighted by atomic mass is 19.4. The van der Waals surface area contributed by atoms with Crippen LogP contribution in [0.25, 0.3) is 0 Å². The van der Waals surface area contributed by atoms with Crippen LogP contribution in [0.5, 0.6) is 5.75 Å². The summed E-state index contributed by atoms with van der Waals surface area (Å²) in [6.07, 6.45) is -5.70. The molecule has 1 aliphatic carbocycles. The van der Waals surface area contributed by atoms with E-state index in [4.69, 9.17) is 0 Å². The van der Waals surface area contributed by atoms with E-state index in [1.807, 2.05) is 0 Å². The van der Waals surface area contributed by atoms with Crippen molar-refractivity contribution in [3.05, 3.63) is 53.4 Å². The summed E-state index contributed by atoms with van der Waals surface area (Å²) < 4.78 is 120. The first kappa shape index (κ1) is 32.0. The topological polar surface area (TPSA) is 44.2 Å². The van der Waals surface area contributed by atoms with E-state index >= 15 is 0 Å². The van der Waals surface area contributed by atoms with Crippen LogP contribution in [0, 0.1) is 11.7 Å². The summed E-state index contributed by atoms with van der Waals surface area (Å²) in [7, 11) is 0. The van der Waals surface area contributed by atoms with Gasteiger partial charge in [-0.15, -0.1) is 0 Å². The molecule has 0 bridgehead atoms. The molecule has 1 aromatic carbocycles. The van der Waals surface area contributed by atoms with Crippen molar-refractivity contribution in [2.45, 2.75) is 108 Å². The lowest BCUT2D eigenvalue weighted by atomic mass is 9.87. The number of nitrogens with zero attached hydrogens (tertiary/aromatic N) is 2. The number of ether oxygens (including phenoxy) is 2. The number of benzene rings is 1. The van der Waals surface area contributed by atoms with Crippen LogP contribution in [0.1, 0.15) is 94.5 Å². The van der Waals surface area contributed by atoms with Gasteiger partial charge in [0.1, 0.15) is 5.82 Å². The minimum absolute atomic E-state index is 0.226. The maximum atomic E-state index is 14.7. The van der Waals surface area contributed by atoms with Crippen LogP contribution in [0.3, 0.4) is 0 Å². The third-order valence-electron chi connectivity index (χ3n) is 7.00. The normalized spacial score (nSPS) is 18.6. The maximum absolute atomic E-state index is 14.7. The van der Waals surface area contributed by atoms with Crippen molar-refractivity contribution < 1.29 is 44.6 Å². The number of unbranched alkanes of at least 4 members (excludes halogenated alkanes) is 6. The monoisotopic (exact) mass is 582 g/mol. The molecule has 0 radical (unpaired) electrons. The van der Waals surface area contributed by atoms with Gasteiger partial charge in [0.05, 0.1) is 30.0 Å². The molecule has 1 fully saturated rings. The van der Waals surface area contributed by atoms with Gasteiger partial charge in [-0.1, -0.05) is 51.5 Å². The summed E-state index contributed by atoms with van der Waals surface area (Å²) in [5, 5.41) is 0. The van der Waals surface area contributed by atoms with Crippen LogP contribution in [-0.2, 0) is 23.4 Å². The van der Waals surface area contributed by atoms with Crippen molar-refractivity contribution in [1.82, 2.24) is 9.97 Å². The van der Waals surface area contributed by atoms with Crippen molar-refractivity contribution in [2.75, 3.05) is 0 Å². The number of aryl methyl sites for hydroxylation is 1. The van der Waals surface area contributed by atoms with Gasteiger partial charge < -0.3 is 9.47 Å². The Morgan fingerprint density at radius 1 is 0.800 bits per heavy atom. The molecule has 1 heterocycles. The van der Waals surface area contributed by atoms with E-state index in [9.17, 15) is 35.1 Å². The highest BCUT2D eigenvalue weighted by Gasteiger charge is 2.45. The van der Waals surface area contributed by atoms with Gasteiger partial charge in [0.25, 0.3) is 0 Å². The van der Waals surface area contributed by atoms with E-state index in [1.54, 1.807) is 0 Å². The second kappa shape index (κ2) is 13.9. The molecule has 1 aromatic heterocycles. The molecular formula is C28H34F8N2O2. The summed E-state index contributed by atoms with van der Waals surface area (Å²) in [6.45, 7) is 2.14. The van der Waals surface area contributed by atoms with Crippen LogP contribution in [-0.4, -0.2) is 22.2 Å². The number of halogens is 8. The fourth-order valence-corrected chi connectivity index (χ4v) is 4.73. The van der Waals surface area contributed by atoms with E-state index in [0.717, 1.165) is 44.2 Å². The molecule has 0 aliphatic heterocycles. The molecule has 0 spiro atoms. The average molecular weight is 583 g/mol. The number of alkyl halides is 7. The number of rotatable bonds is 14. The Morgan fingerprint density at radius 3 is 1.98 bits per heavy atom. The summed E-state index contributed by atoms with van der Waals surface area (Å²) in [5.74, 6) is -4.59. The van der Waals surface area contributed by atoms with Gasteiger partial charge in [-0.05, 0) is 56.2 Å². The highest BCUT2D eigenvalue weighted by molar-refractivity contribution is 5.28. The van der Waals surface area contributed by atoms with Crippen LogP contribution < -0.4 is 4.74 Å². The van der Waals surface area contributed by atoms with Gasteiger partial charge in [0.2, 0.25) is 5.82 Å². The van der Waals surface area contributed by atoms with E-state index in [1.165, 1.54) is 18.9 Å². The predicted octanol–water partition coefficient (Wildman–Crippen LogP) is 9.22. The molecule has 4 nitrogen and oxygen atoms in total. The Balaban J connectivity index is 1.53. The standard InChI is InChI=1S/C28H34F8N2O2/c1-2-3-4-5-6-7-8-9-19-10-15-23(24(29)16-19)27(33,34)40-22-17-37-25(38-18-22)28(35,36)39-21-13-11-20(12-14-21)26(30,31)32/h10,15-18,20-21H,2-9,11-14H2,1H3. The van der Waals surface area contributed by atoms with Crippen molar-refractivity contribution in [2.24, 2.45) is 5.92 Å². The first-order valence-corrected chi connectivity index (χ1v) is 13.6. The lowest BCUT2D eigenvalue weighted by Gasteiger charge is -2.31. The minimum Gasteiger partial charge on any atom is -0.426 e. The quantitative estimate of drug-likeness (QED) is 0.165. The molecule has 2 aromatic rings. The van der Waals surface area contributed by atoms with E-state index in [-0.39, 0.29) is 25.7 Å². The number of aromatic nitrogens is 2. The van der Waals surface area contributed by atoms with Crippen molar-refractivity contribution in [3.63, 3.8) is 0 Å². The van der Waals surface area contributed by atoms with E-state index in [0.29, 0.717) is 24.4 Å². The molecule has 3 rings (SSSR count). The third kappa shape index (κ3) is 9.27. The summed E-state index contributed by atoms with van der Waals surface area (Å²) in [6, 6.07) is 3.35. The molecule has 12 heteroatoms. The molecule has 0 unspecified atom stereocenters. The van der Waals surface area contributed by atoms with Gasteiger partial charge >= 0.3 is 18.4 Å². The van der Waals surface area contributed by atoms with Crippen molar-refractivity contribution in [3.8, 4) is 5.75 Å². The number of hydrogen-bond acceptors (Lipinski definition) is 4. The Labute approximate surface area is 228 Å². The Morgan fingerprint density at radius 2 is 1.40 bits per heavy atom. The molecule has 1 saturated carbocycles. The SMILES string of the molecule is CCCCCCCCCc1ccc(C(F)(F)Oc2cnc(C(F)(F)OC3CCC(C(F)(F)F)CC3)nc2)c(F)c1. The predicted molar refractivity (Wildman–Crippen MR) is 131 cm³/mol. The number of hydrogen-bond donors (Lipinski definition) is 0. The summed E-state index contributed by atoms with van der Waals surface area (Å²) in [5.41, 5.74) is -0.449. The maximum Gasteiger partial charge on any atom is 0.429 e. The molecule has 0 amide bonds. The lowest BCUT2D eigenvalue weighted by Crippen LogP contribution is -2.34. The lowest BCUT2D eigenvalue weighted by molar-refractivity contribution is -0.286. The second-order valence-electron chi connectivity index (χ2n) is 10.2. The Hall–Kier alpha value is -2.50. The molecule has 40 heavy (non-hydrogen) atoms. The van der Waals surface area contributed by atoms with Crippen LogP contribution in [0.4, 0.5) is 35.1 Å². The first-order chi connectivity index (χ1) is 18.8. The fourth-order valence-electron chi connectivity index (χ4n) is 4.73. The van der Waals surface area contributed by atoms with E-state index < -0.39 is 53.4 Å². The fraction of sp³-hybridized carbons (Fsp3) is 0.643. The summed E-state index contributed by atoms with van der Waals surface area (Å²) >= 11 is 0. The van der Waals surface area contributed by atoms with Gasteiger partial charge in [-0.25, -0.2) is 14.4 Å². The Bertz CT molecular complexity index is 1060. The second-order valence-corrected chi connectivity index (χ2v) is 10.2. The van der Waals surface area contributed by atoms with E-state index in [2.05, 4.69) is 26.4 Å². The average Bonchev–Trinajstić information content (AvgIpc) is 2.88. The van der Waals surface area contributed by atoms with Crippen molar-refractivity contribution in [1.29, 1.82) is 0 Å². The zero-order valence-corrected chi connectivity index (χ0v) is 22.3.